The second-order valence-electron chi connectivity index (χ2n) is 7.74. The molecule has 7 nitrogen and oxygen atoms in total. The molecule has 1 N–H and O–H groups in total. The molecule has 1 fully saturated rings. The molecule has 0 atom stereocenters. The Morgan fingerprint density at radius 2 is 1.71 bits per heavy atom. The average Bonchev–Trinajstić information content (AvgIpc) is 2.83. The van der Waals surface area contributed by atoms with Gasteiger partial charge in [0, 0.05) is 0 Å². The Balaban J connectivity index is 1.63. The number of barbiturate groups is 1. The van der Waals surface area contributed by atoms with Gasteiger partial charge in [-0.3, -0.25) is 14.9 Å². The van der Waals surface area contributed by atoms with Crippen LogP contribution >= 0.6 is 11.6 Å². The summed E-state index contributed by atoms with van der Waals surface area (Å²) in [5, 5.41) is 2.32. The molecule has 0 saturated carbocycles. The van der Waals surface area contributed by atoms with Crippen LogP contribution in [0.3, 0.4) is 0 Å². The Bertz CT molecular complexity index is 1340. The number of hydrogen-bond acceptors (Lipinski definition) is 5. The van der Waals surface area contributed by atoms with Crippen LogP contribution < -0.4 is 19.7 Å². The lowest BCUT2D eigenvalue weighted by molar-refractivity contribution is -0.122. The molecule has 3 aromatic carbocycles. The molecule has 178 valence electrons. The molecule has 4 rings (SSSR count). The van der Waals surface area contributed by atoms with Gasteiger partial charge in [0.1, 0.15) is 18.0 Å². The Hall–Kier alpha value is -4.17. The van der Waals surface area contributed by atoms with Crippen LogP contribution in [0.5, 0.6) is 11.5 Å². The van der Waals surface area contributed by atoms with Crippen LogP contribution in [0.4, 0.5) is 14.9 Å². The number of nitrogens with zero attached hydrogens (tertiary/aromatic N) is 1. The lowest BCUT2D eigenvalue weighted by atomic mass is 10.1. The molecule has 3 aromatic rings. The molecule has 1 heterocycles. The summed E-state index contributed by atoms with van der Waals surface area (Å²) in [6.07, 6.45) is 1.29. The molecule has 1 aliphatic heterocycles. The van der Waals surface area contributed by atoms with E-state index in [-0.39, 0.29) is 22.9 Å². The van der Waals surface area contributed by atoms with Crippen molar-refractivity contribution in [1.82, 2.24) is 5.32 Å². The molecular formula is C26H20ClFN2O5. The normalized spacial score (nSPS) is 14.8. The standard InChI is InChI=1S/C26H20ClFN2O5/c1-15-3-5-16(6-4-15)14-35-23-21(27)12-17(13-22(23)34-2)11-20-24(31)29-26(33)30(25(20)32)19-9-7-18(28)8-10-19/h3-13H,14H2,1-2H3,(H,29,31,33)/b20-11+. The summed E-state index contributed by atoms with van der Waals surface area (Å²) in [6.45, 7) is 2.25. The van der Waals surface area contributed by atoms with Crippen LogP contribution in [0.25, 0.3) is 6.08 Å². The van der Waals surface area contributed by atoms with Gasteiger partial charge in [-0.05, 0) is 60.5 Å². The van der Waals surface area contributed by atoms with Crippen molar-refractivity contribution in [2.45, 2.75) is 13.5 Å². The van der Waals surface area contributed by atoms with E-state index in [0.717, 1.165) is 28.2 Å². The van der Waals surface area contributed by atoms with E-state index in [1.165, 1.54) is 31.4 Å². The van der Waals surface area contributed by atoms with Crippen LogP contribution in [-0.4, -0.2) is 25.0 Å². The van der Waals surface area contributed by atoms with Gasteiger partial charge >= 0.3 is 6.03 Å². The number of urea groups is 1. The zero-order valence-corrected chi connectivity index (χ0v) is 19.6. The number of hydrogen-bond donors (Lipinski definition) is 1. The molecular weight excluding hydrogens is 475 g/mol. The van der Waals surface area contributed by atoms with Crippen molar-refractivity contribution in [2.75, 3.05) is 12.0 Å². The van der Waals surface area contributed by atoms with E-state index in [1.54, 1.807) is 6.07 Å². The molecule has 0 unspecified atom stereocenters. The van der Waals surface area contributed by atoms with Gasteiger partial charge in [0.15, 0.2) is 11.5 Å². The zero-order valence-electron chi connectivity index (χ0n) is 18.8. The minimum absolute atomic E-state index is 0.114. The lowest BCUT2D eigenvalue weighted by Gasteiger charge is -2.26. The van der Waals surface area contributed by atoms with Crippen LogP contribution in [0, 0.1) is 12.7 Å². The molecule has 1 aliphatic rings. The van der Waals surface area contributed by atoms with Gasteiger partial charge in [-0.1, -0.05) is 41.4 Å². The van der Waals surface area contributed by atoms with Gasteiger partial charge in [0.05, 0.1) is 17.8 Å². The number of rotatable bonds is 6. The highest BCUT2D eigenvalue weighted by Crippen LogP contribution is 2.38. The van der Waals surface area contributed by atoms with Crippen molar-refractivity contribution in [3.05, 3.63) is 93.8 Å². The van der Waals surface area contributed by atoms with Crippen molar-refractivity contribution in [2.24, 2.45) is 0 Å². The van der Waals surface area contributed by atoms with E-state index in [0.29, 0.717) is 17.1 Å². The summed E-state index contributed by atoms with van der Waals surface area (Å²) in [5.41, 5.74) is 2.25. The summed E-state index contributed by atoms with van der Waals surface area (Å²) in [4.78, 5) is 38.5. The van der Waals surface area contributed by atoms with E-state index in [2.05, 4.69) is 5.32 Å². The smallest absolute Gasteiger partial charge is 0.335 e. The number of benzene rings is 3. The fraction of sp³-hybridized carbons (Fsp3) is 0.115. The number of halogens is 2. The topological polar surface area (TPSA) is 84.9 Å². The third-order valence-corrected chi connectivity index (χ3v) is 5.53. The highest BCUT2D eigenvalue weighted by molar-refractivity contribution is 6.39. The maximum atomic E-state index is 13.3. The van der Waals surface area contributed by atoms with Gasteiger partial charge in [-0.2, -0.15) is 0 Å². The van der Waals surface area contributed by atoms with E-state index < -0.39 is 23.7 Å². The molecule has 1 saturated heterocycles. The average molecular weight is 495 g/mol. The SMILES string of the molecule is COc1cc(/C=C2\C(=O)NC(=O)N(c3ccc(F)cc3)C2=O)cc(Cl)c1OCc1ccc(C)cc1. The van der Waals surface area contributed by atoms with Gasteiger partial charge in [0.25, 0.3) is 11.8 Å². The number of methoxy groups -OCH3 is 1. The van der Waals surface area contributed by atoms with E-state index in [4.69, 9.17) is 21.1 Å². The molecule has 0 aromatic heterocycles. The molecule has 0 aliphatic carbocycles. The van der Waals surface area contributed by atoms with Gasteiger partial charge in [-0.25, -0.2) is 14.1 Å². The molecule has 0 radical (unpaired) electrons. The number of carbonyl (C=O) groups is 3. The second kappa shape index (κ2) is 9.99. The minimum Gasteiger partial charge on any atom is -0.493 e. The number of anilines is 1. The molecule has 0 spiro atoms. The highest BCUT2D eigenvalue weighted by atomic mass is 35.5. The third kappa shape index (κ3) is 5.17. The van der Waals surface area contributed by atoms with Crippen LogP contribution in [-0.2, 0) is 16.2 Å². The first kappa shape index (κ1) is 24.0. The van der Waals surface area contributed by atoms with Gasteiger partial charge in [-0.15, -0.1) is 0 Å². The van der Waals surface area contributed by atoms with Crippen LogP contribution in [0.2, 0.25) is 5.02 Å². The van der Waals surface area contributed by atoms with Crippen LogP contribution in [0.1, 0.15) is 16.7 Å². The van der Waals surface area contributed by atoms with Crippen LogP contribution in [0.15, 0.2) is 66.2 Å². The first-order valence-electron chi connectivity index (χ1n) is 10.5. The summed E-state index contributed by atoms with van der Waals surface area (Å²) < 4.78 is 24.6. The number of carbonyl (C=O) groups excluding carboxylic acids is 3. The number of imide groups is 2. The Morgan fingerprint density at radius 1 is 1.03 bits per heavy atom. The fourth-order valence-corrected chi connectivity index (χ4v) is 3.73. The first-order valence-corrected chi connectivity index (χ1v) is 10.9. The largest absolute Gasteiger partial charge is 0.493 e. The summed E-state index contributed by atoms with van der Waals surface area (Å²) in [6, 6.07) is 14.7. The number of amides is 4. The number of ether oxygens (including phenoxy) is 2. The zero-order chi connectivity index (χ0) is 25.1. The lowest BCUT2D eigenvalue weighted by Crippen LogP contribution is -2.54. The monoisotopic (exact) mass is 494 g/mol. The Morgan fingerprint density at radius 3 is 2.37 bits per heavy atom. The maximum absolute atomic E-state index is 13.3. The fourth-order valence-electron chi connectivity index (χ4n) is 3.45. The Kier molecular flexibility index (Phi) is 6.84. The van der Waals surface area contributed by atoms with E-state index in [9.17, 15) is 18.8 Å². The predicted octanol–water partition coefficient (Wildman–Crippen LogP) is 5.04. The minimum atomic E-state index is -0.931. The maximum Gasteiger partial charge on any atom is 0.335 e. The first-order chi connectivity index (χ1) is 16.8. The quantitative estimate of drug-likeness (QED) is 0.383. The van der Waals surface area contributed by atoms with Crippen molar-refractivity contribution in [3.63, 3.8) is 0 Å². The molecule has 35 heavy (non-hydrogen) atoms. The van der Waals surface area contributed by atoms with E-state index >= 15 is 0 Å². The predicted molar refractivity (Wildman–Crippen MR) is 129 cm³/mol. The van der Waals surface area contributed by atoms with Crippen molar-refractivity contribution in [3.8, 4) is 11.5 Å². The highest BCUT2D eigenvalue weighted by Gasteiger charge is 2.36. The number of aryl methyl sites for hydroxylation is 1. The molecule has 0 bridgehead atoms. The molecule has 9 heteroatoms. The molecule has 4 amide bonds. The summed E-state index contributed by atoms with van der Waals surface area (Å²) in [5.74, 6) is -1.66. The second-order valence-corrected chi connectivity index (χ2v) is 8.15. The summed E-state index contributed by atoms with van der Waals surface area (Å²) >= 11 is 6.44. The van der Waals surface area contributed by atoms with Gasteiger partial charge < -0.3 is 9.47 Å². The van der Waals surface area contributed by atoms with Crippen molar-refractivity contribution < 1.29 is 28.2 Å². The number of nitrogens with one attached hydrogen (secondary N) is 1. The van der Waals surface area contributed by atoms with E-state index in [1.807, 2.05) is 31.2 Å². The van der Waals surface area contributed by atoms with Crippen molar-refractivity contribution >= 4 is 41.2 Å². The van der Waals surface area contributed by atoms with Gasteiger partial charge in [0.2, 0.25) is 0 Å². The summed E-state index contributed by atoms with van der Waals surface area (Å²) in [7, 11) is 1.44. The van der Waals surface area contributed by atoms with Crippen molar-refractivity contribution in [1.29, 1.82) is 0 Å². The Labute approximate surface area is 205 Å². The third-order valence-electron chi connectivity index (χ3n) is 5.25.